The highest BCUT2D eigenvalue weighted by Gasteiger charge is 2.26. The fourth-order valence-corrected chi connectivity index (χ4v) is 4.73. The number of para-hydroxylation sites is 1. The minimum Gasteiger partial charge on any atom is -0.354 e. The first-order valence-electron chi connectivity index (χ1n) is 9.02. The van der Waals surface area contributed by atoms with Gasteiger partial charge in [0.05, 0.1) is 10.6 Å². The molecule has 0 spiro atoms. The third-order valence-electron chi connectivity index (χ3n) is 4.98. The van der Waals surface area contributed by atoms with E-state index in [1.54, 1.807) is 11.8 Å². The Kier molecular flexibility index (Phi) is 4.15. The van der Waals surface area contributed by atoms with Crippen LogP contribution in [0.2, 0.25) is 5.02 Å². The fraction of sp³-hybridized carbons (Fsp3) is 0.0417. The molecule has 3 aromatic carbocycles. The van der Waals surface area contributed by atoms with E-state index in [2.05, 4.69) is 17.1 Å². The van der Waals surface area contributed by atoms with Crippen LogP contribution in [0.1, 0.15) is 21.5 Å². The van der Waals surface area contributed by atoms with Crippen LogP contribution >= 0.6 is 23.4 Å². The van der Waals surface area contributed by atoms with Gasteiger partial charge >= 0.3 is 0 Å². The third-order valence-corrected chi connectivity index (χ3v) is 6.33. The maximum absolute atomic E-state index is 13.0. The number of rotatable bonds is 2. The molecule has 1 aliphatic rings. The van der Waals surface area contributed by atoms with E-state index in [9.17, 15) is 4.79 Å². The number of carbonyl (C=O) groups is 1. The molecule has 5 rings (SSSR count). The second-order valence-corrected chi connectivity index (χ2v) is 8.43. The number of hydrogen-bond donors (Lipinski definition) is 1. The summed E-state index contributed by atoms with van der Waals surface area (Å²) in [6, 6.07) is 22.0. The average molecular weight is 402 g/mol. The number of halogens is 1. The van der Waals surface area contributed by atoms with Gasteiger partial charge in [-0.25, -0.2) is 0 Å². The summed E-state index contributed by atoms with van der Waals surface area (Å²) in [7, 11) is 0. The van der Waals surface area contributed by atoms with Crippen molar-refractivity contribution in [2.45, 2.75) is 11.8 Å². The number of ketones is 1. The number of allylic oxidation sites excluding steroid dienone is 1. The van der Waals surface area contributed by atoms with Gasteiger partial charge in [-0.1, -0.05) is 65.3 Å². The number of aromatic nitrogens is 1. The second kappa shape index (κ2) is 6.69. The number of carbonyl (C=O) groups excluding carboxylic acids is 1. The van der Waals surface area contributed by atoms with E-state index in [1.807, 2.05) is 67.6 Å². The summed E-state index contributed by atoms with van der Waals surface area (Å²) in [6.07, 6.45) is 2.02. The van der Waals surface area contributed by atoms with Gasteiger partial charge in [-0.05, 0) is 48.9 Å². The molecule has 4 heteroatoms. The highest BCUT2D eigenvalue weighted by molar-refractivity contribution is 8.04. The number of Topliss-reactive ketones (excluding diaryl/α,β-unsaturated/α-hetero) is 1. The van der Waals surface area contributed by atoms with Crippen LogP contribution in [0.5, 0.6) is 0 Å². The first kappa shape index (κ1) is 17.4. The molecule has 0 saturated heterocycles. The minimum atomic E-state index is 0.0936. The Morgan fingerprint density at radius 1 is 1.00 bits per heavy atom. The highest BCUT2D eigenvalue weighted by atomic mass is 35.5. The van der Waals surface area contributed by atoms with Crippen molar-refractivity contribution in [2.24, 2.45) is 0 Å². The lowest BCUT2D eigenvalue weighted by Crippen LogP contribution is -1.95. The molecule has 0 radical (unpaired) electrons. The summed E-state index contributed by atoms with van der Waals surface area (Å²) in [6.45, 7) is 2.01. The molecule has 0 aliphatic carbocycles. The van der Waals surface area contributed by atoms with Crippen LogP contribution in [-0.2, 0) is 0 Å². The molecule has 1 N–H and O–H groups in total. The van der Waals surface area contributed by atoms with Gasteiger partial charge in [0.25, 0.3) is 0 Å². The smallest absolute Gasteiger partial charge is 0.200 e. The maximum atomic E-state index is 13.0. The lowest BCUT2D eigenvalue weighted by molar-refractivity contribution is 0.104. The monoisotopic (exact) mass is 401 g/mol. The van der Waals surface area contributed by atoms with Crippen LogP contribution in [0.4, 0.5) is 0 Å². The summed E-state index contributed by atoms with van der Waals surface area (Å²) >= 11 is 7.61. The van der Waals surface area contributed by atoms with Gasteiger partial charge in [-0.2, -0.15) is 0 Å². The number of H-pyrrole nitrogens is 1. The quantitative estimate of drug-likeness (QED) is 0.362. The van der Waals surface area contributed by atoms with Gasteiger partial charge in [0.2, 0.25) is 5.78 Å². The van der Waals surface area contributed by atoms with Crippen LogP contribution in [0.15, 0.2) is 76.5 Å². The molecule has 0 unspecified atom stereocenters. The van der Waals surface area contributed by atoms with Crippen LogP contribution in [-0.4, -0.2) is 10.8 Å². The molecule has 1 aromatic heterocycles. The Balaban J connectivity index is 1.69. The Morgan fingerprint density at radius 3 is 2.61 bits per heavy atom. The van der Waals surface area contributed by atoms with Gasteiger partial charge < -0.3 is 4.98 Å². The van der Waals surface area contributed by atoms with Crippen molar-refractivity contribution >= 4 is 46.1 Å². The highest BCUT2D eigenvalue weighted by Crippen LogP contribution is 2.43. The Hall–Kier alpha value is -2.75. The van der Waals surface area contributed by atoms with Gasteiger partial charge in [0.1, 0.15) is 0 Å². The molecule has 0 bridgehead atoms. The lowest BCUT2D eigenvalue weighted by Gasteiger charge is -2.03. The molecule has 0 amide bonds. The van der Waals surface area contributed by atoms with Crippen molar-refractivity contribution < 1.29 is 4.79 Å². The van der Waals surface area contributed by atoms with Crippen molar-refractivity contribution in [1.82, 2.24) is 4.98 Å². The number of nitrogens with one attached hydrogen (secondary N) is 1. The molecule has 0 fully saturated rings. The zero-order valence-electron chi connectivity index (χ0n) is 15.1. The van der Waals surface area contributed by atoms with E-state index < -0.39 is 0 Å². The molecule has 136 valence electrons. The van der Waals surface area contributed by atoms with Crippen molar-refractivity contribution in [3.8, 4) is 11.3 Å². The second-order valence-electron chi connectivity index (χ2n) is 6.91. The van der Waals surface area contributed by atoms with Gasteiger partial charge in [-0.3, -0.25) is 4.79 Å². The summed E-state index contributed by atoms with van der Waals surface area (Å²) < 4.78 is 0. The van der Waals surface area contributed by atoms with E-state index in [0.717, 1.165) is 48.7 Å². The molecular formula is C24H16ClNOS. The number of thioether (sulfide) groups is 1. The van der Waals surface area contributed by atoms with E-state index >= 15 is 0 Å². The molecular weight excluding hydrogens is 386 g/mol. The SMILES string of the molecule is Cc1ccc2c(c1)C(=O)/C(=C/c1c(-c3ccc(Cl)cc3)[nH]c3ccccc13)S2. The molecule has 2 nitrogen and oxygen atoms in total. The van der Waals surface area contributed by atoms with E-state index in [1.165, 1.54) is 0 Å². The number of fused-ring (bicyclic) bond motifs is 2. The number of benzene rings is 3. The van der Waals surface area contributed by atoms with Crippen molar-refractivity contribution in [1.29, 1.82) is 0 Å². The zero-order valence-corrected chi connectivity index (χ0v) is 16.7. The lowest BCUT2D eigenvalue weighted by atomic mass is 10.0. The van der Waals surface area contributed by atoms with E-state index in [4.69, 9.17) is 11.6 Å². The normalized spacial score (nSPS) is 14.8. The van der Waals surface area contributed by atoms with Gasteiger partial charge in [0, 0.05) is 31.9 Å². The minimum absolute atomic E-state index is 0.0936. The van der Waals surface area contributed by atoms with Crippen molar-refractivity contribution in [3.63, 3.8) is 0 Å². The Morgan fingerprint density at radius 2 is 1.79 bits per heavy atom. The van der Waals surface area contributed by atoms with Crippen molar-refractivity contribution in [3.05, 3.63) is 93.3 Å². The molecule has 2 heterocycles. The van der Waals surface area contributed by atoms with E-state index in [0.29, 0.717) is 5.02 Å². The molecule has 0 saturated carbocycles. The van der Waals surface area contributed by atoms with Gasteiger partial charge in [0.15, 0.2) is 0 Å². The number of aromatic amines is 1. The summed E-state index contributed by atoms with van der Waals surface area (Å²) in [5.41, 5.74) is 6.00. The Labute approximate surface area is 172 Å². The molecule has 0 atom stereocenters. The van der Waals surface area contributed by atoms with Crippen molar-refractivity contribution in [2.75, 3.05) is 0 Å². The van der Waals surface area contributed by atoms with Crippen LogP contribution in [0, 0.1) is 6.92 Å². The number of aryl methyl sites for hydroxylation is 1. The first-order chi connectivity index (χ1) is 13.6. The molecule has 1 aliphatic heterocycles. The predicted octanol–water partition coefficient (Wildman–Crippen LogP) is 7.13. The topological polar surface area (TPSA) is 32.9 Å². The molecule has 28 heavy (non-hydrogen) atoms. The fourth-order valence-electron chi connectivity index (χ4n) is 3.59. The Bertz CT molecular complexity index is 1270. The summed E-state index contributed by atoms with van der Waals surface area (Å²) in [5.74, 6) is 0.0936. The maximum Gasteiger partial charge on any atom is 0.200 e. The standard InChI is InChI=1S/C24H16ClNOS/c1-14-6-11-21-19(12-14)24(27)22(28-21)13-18-17-4-2-3-5-20(17)26-23(18)15-7-9-16(25)10-8-15/h2-13,26H,1H3/b22-13-. The van der Waals surface area contributed by atoms with E-state index in [-0.39, 0.29) is 5.78 Å². The first-order valence-corrected chi connectivity index (χ1v) is 10.2. The van der Waals surface area contributed by atoms with Crippen LogP contribution in [0.25, 0.3) is 28.2 Å². The third kappa shape index (κ3) is 2.88. The molecule has 4 aromatic rings. The average Bonchev–Trinajstić information content (AvgIpc) is 3.21. The van der Waals surface area contributed by atoms with Gasteiger partial charge in [-0.15, -0.1) is 0 Å². The summed E-state index contributed by atoms with van der Waals surface area (Å²) in [4.78, 5) is 18.3. The van der Waals surface area contributed by atoms with Crippen LogP contribution in [0.3, 0.4) is 0 Å². The van der Waals surface area contributed by atoms with Crippen LogP contribution < -0.4 is 0 Å². The largest absolute Gasteiger partial charge is 0.354 e. The number of hydrogen-bond acceptors (Lipinski definition) is 2. The predicted molar refractivity (Wildman–Crippen MR) is 118 cm³/mol. The zero-order chi connectivity index (χ0) is 19.3. The summed E-state index contributed by atoms with van der Waals surface area (Å²) in [5, 5.41) is 1.80.